The third-order valence-corrected chi connectivity index (χ3v) is 4.74. The maximum Gasteiger partial charge on any atom is 0.341 e. The number of rotatable bonds is 5. The second kappa shape index (κ2) is 6.03. The van der Waals surface area contributed by atoms with Gasteiger partial charge < -0.3 is 0 Å². The first-order chi connectivity index (χ1) is 10.6. The number of hydrogen-bond donors (Lipinski definition) is 0. The van der Waals surface area contributed by atoms with E-state index >= 15 is 0 Å². The minimum absolute atomic E-state index is 0.0816. The van der Waals surface area contributed by atoms with E-state index in [-0.39, 0.29) is 17.9 Å². The summed E-state index contributed by atoms with van der Waals surface area (Å²) in [5.41, 5.74) is 1.13. The largest absolute Gasteiger partial charge is 0.341 e. The minimum atomic E-state index is -4.63. The molecule has 2 aromatic rings. The van der Waals surface area contributed by atoms with Gasteiger partial charge in [0.1, 0.15) is 11.4 Å². The van der Waals surface area contributed by atoms with E-state index < -0.39 is 25.4 Å². The van der Waals surface area contributed by atoms with Crippen molar-refractivity contribution in [2.45, 2.75) is 31.0 Å². The quantitative estimate of drug-likeness (QED) is 0.613. The van der Waals surface area contributed by atoms with Gasteiger partial charge in [0.05, 0.1) is 16.4 Å². The summed E-state index contributed by atoms with van der Waals surface area (Å²) in [6, 6.07) is 4.91. The standard InChI is InChI=1S/C13H13F2N3O4S/c1-8-12(18(19)20)9(2)17(16-8)7-10-3-5-11(6-4-10)23(21,22)13(14)15/h3-6,13H,7H2,1-2H3. The van der Waals surface area contributed by atoms with Gasteiger partial charge in [-0.15, -0.1) is 0 Å². The molecule has 7 nitrogen and oxygen atoms in total. The first-order valence-corrected chi connectivity index (χ1v) is 7.98. The summed E-state index contributed by atoms with van der Waals surface area (Å²) in [6.07, 6.45) is 0. The van der Waals surface area contributed by atoms with Gasteiger partial charge in [-0.3, -0.25) is 14.8 Å². The Balaban J connectivity index is 2.30. The average Bonchev–Trinajstić information content (AvgIpc) is 2.73. The highest BCUT2D eigenvalue weighted by Gasteiger charge is 2.26. The molecule has 23 heavy (non-hydrogen) atoms. The molecule has 0 amide bonds. The number of sulfone groups is 1. The zero-order valence-electron chi connectivity index (χ0n) is 12.2. The molecule has 0 spiro atoms. The number of nitro groups is 1. The fraction of sp³-hybridized carbons (Fsp3) is 0.308. The van der Waals surface area contributed by atoms with Crippen LogP contribution in [0.15, 0.2) is 29.2 Å². The monoisotopic (exact) mass is 345 g/mol. The van der Waals surface area contributed by atoms with Crippen LogP contribution in [-0.4, -0.2) is 28.9 Å². The lowest BCUT2D eigenvalue weighted by atomic mass is 10.2. The highest BCUT2D eigenvalue weighted by molar-refractivity contribution is 7.91. The Labute approximate surface area is 130 Å². The lowest BCUT2D eigenvalue weighted by Gasteiger charge is -2.06. The van der Waals surface area contributed by atoms with E-state index in [1.165, 1.54) is 23.7 Å². The van der Waals surface area contributed by atoms with Gasteiger partial charge in [-0.1, -0.05) is 12.1 Å². The number of halogens is 2. The van der Waals surface area contributed by atoms with Crippen molar-refractivity contribution in [1.82, 2.24) is 9.78 Å². The molecule has 1 heterocycles. The lowest BCUT2D eigenvalue weighted by Crippen LogP contribution is -2.11. The Morgan fingerprint density at radius 1 is 1.26 bits per heavy atom. The molecule has 0 radical (unpaired) electrons. The third-order valence-electron chi connectivity index (χ3n) is 3.34. The van der Waals surface area contributed by atoms with Crippen molar-refractivity contribution in [1.29, 1.82) is 0 Å². The van der Waals surface area contributed by atoms with Gasteiger partial charge >= 0.3 is 11.4 Å². The minimum Gasteiger partial charge on any atom is -0.258 e. The molecule has 2 rings (SSSR count). The molecule has 0 atom stereocenters. The van der Waals surface area contributed by atoms with Crippen LogP contribution in [0.4, 0.5) is 14.5 Å². The molecule has 1 aromatic heterocycles. The van der Waals surface area contributed by atoms with Gasteiger partial charge in [-0.25, -0.2) is 8.42 Å². The summed E-state index contributed by atoms with van der Waals surface area (Å²) in [6.45, 7) is 3.23. The smallest absolute Gasteiger partial charge is 0.258 e. The van der Waals surface area contributed by atoms with E-state index in [2.05, 4.69) is 5.10 Å². The summed E-state index contributed by atoms with van der Waals surface area (Å²) < 4.78 is 49.0. The van der Waals surface area contributed by atoms with Crippen LogP contribution in [0.1, 0.15) is 17.0 Å². The summed E-state index contributed by atoms with van der Waals surface area (Å²) >= 11 is 0. The second-order valence-electron chi connectivity index (χ2n) is 4.88. The van der Waals surface area contributed by atoms with Crippen molar-refractivity contribution in [2.75, 3.05) is 0 Å². The van der Waals surface area contributed by atoms with Crippen molar-refractivity contribution in [3.63, 3.8) is 0 Å². The molecule has 0 fully saturated rings. The Kier molecular flexibility index (Phi) is 4.46. The van der Waals surface area contributed by atoms with Gasteiger partial charge in [0.2, 0.25) is 9.84 Å². The van der Waals surface area contributed by atoms with Crippen LogP contribution in [0.5, 0.6) is 0 Å². The van der Waals surface area contributed by atoms with Crippen molar-refractivity contribution in [3.8, 4) is 0 Å². The van der Waals surface area contributed by atoms with E-state index in [0.29, 0.717) is 11.3 Å². The summed E-state index contributed by atoms with van der Waals surface area (Å²) in [5, 5.41) is 15.0. The van der Waals surface area contributed by atoms with E-state index in [4.69, 9.17) is 0 Å². The topological polar surface area (TPSA) is 95.1 Å². The van der Waals surface area contributed by atoms with Crippen LogP contribution in [0.25, 0.3) is 0 Å². The Hall–Kier alpha value is -2.36. The molecule has 124 valence electrons. The highest BCUT2D eigenvalue weighted by atomic mass is 32.2. The summed E-state index contributed by atoms with van der Waals surface area (Å²) in [4.78, 5) is 9.94. The van der Waals surface area contributed by atoms with E-state index in [9.17, 15) is 27.3 Å². The van der Waals surface area contributed by atoms with Crippen LogP contribution < -0.4 is 0 Å². The summed E-state index contributed by atoms with van der Waals surface area (Å²) in [7, 11) is -4.63. The number of hydrogen-bond acceptors (Lipinski definition) is 5. The molecule has 10 heteroatoms. The van der Waals surface area contributed by atoms with Crippen LogP contribution in [0.2, 0.25) is 0 Å². The number of aromatic nitrogens is 2. The molecule has 0 aliphatic carbocycles. The summed E-state index contributed by atoms with van der Waals surface area (Å²) in [5.74, 6) is -3.48. The Morgan fingerprint density at radius 3 is 2.26 bits per heavy atom. The number of nitrogens with zero attached hydrogens (tertiary/aromatic N) is 3. The molecule has 0 aliphatic rings. The normalized spacial score (nSPS) is 11.9. The Morgan fingerprint density at radius 2 is 1.83 bits per heavy atom. The van der Waals surface area contributed by atoms with E-state index in [1.54, 1.807) is 6.92 Å². The molecule has 0 unspecified atom stereocenters. The van der Waals surface area contributed by atoms with Crippen molar-refractivity contribution in [3.05, 3.63) is 51.3 Å². The van der Waals surface area contributed by atoms with Gasteiger partial charge in [0.25, 0.3) is 0 Å². The fourth-order valence-corrected chi connectivity index (χ4v) is 2.89. The molecule has 0 saturated heterocycles. The molecule has 1 aromatic carbocycles. The zero-order chi connectivity index (χ0) is 17.4. The number of alkyl halides is 2. The van der Waals surface area contributed by atoms with Crippen LogP contribution >= 0.6 is 0 Å². The molecule has 0 saturated carbocycles. The fourth-order valence-electron chi connectivity index (χ4n) is 2.17. The Bertz CT molecular complexity index is 845. The van der Waals surface area contributed by atoms with Crippen LogP contribution in [0, 0.1) is 24.0 Å². The predicted octanol–water partition coefficient (Wildman–Crippen LogP) is 2.45. The maximum absolute atomic E-state index is 12.5. The van der Waals surface area contributed by atoms with Crippen molar-refractivity contribution in [2.24, 2.45) is 0 Å². The first-order valence-electron chi connectivity index (χ1n) is 6.44. The van der Waals surface area contributed by atoms with Crippen LogP contribution in [0.3, 0.4) is 0 Å². The molecular formula is C13H13F2N3O4S. The maximum atomic E-state index is 12.5. The van der Waals surface area contributed by atoms with Crippen LogP contribution in [-0.2, 0) is 16.4 Å². The zero-order valence-corrected chi connectivity index (χ0v) is 13.0. The van der Waals surface area contributed by atoms with E-state index in [1.807, 2.05) is 0 Å². The first kappa shape index (κ1) is 17.0. The SMILES string of the molecule is Cc1nn(Cc2ccc(S(=O)(=O)C(F)F)cc2)c(C)c1[N+](=O)[O-]. The third kappa shape index (κ3) is 3.21. The van der Waals surface area contributed by atoms with Crippen molar-refractivity contribution >= 4 is 15.5 Å². The molecule has 0 N–H and O–H groups in total. The predicted molar refractivity (Wildman–Crippen MR) is 77.1 cm³/mol. The van der Waals surface area contributed by atoms with Gasteiger partial charge in [0.15, 0.2) is 0 Å². The molecule has 0 bridgehead atoms. The van der Waals surface area contributed by atoms with Gasteiger partial charge in [-0.05, 0) is 31.5 Å². The highest BCUT2D eigenvalue weighted by Crippen LogP contribution is 2.23. The average molecular weight is 345 g/mol. The van der Waals surface area contributed by atoms with Gasteiger partial charge in [0, 0.05) is 0 Å². The molecular weight excluding hydrogens is 332 g/mol. The number of aryl methyl sites for hydroxylation is 1. The second-order valence-corrected chi connectivity index (χ2v) is 6.80. The molecule has 0 aliphatic heterocycles. The lowest BCUT2D eigenvalue weighted by molar-refractivity contribution is -0.386. The van der Waals surface area contributed by atoms with Gasteiger partial charge in [-0.2, -0.15) is 13.9 Å². The van der Waals surface area contributed by atoms with Crippen molar-refractivity contribution < 1.29 is 22.1 Å². The van der Waals surface area contributed by atoms with E-state index in [0.717, 1.165) is 12.1 Å². The number of benzene rings is 1.